The molecule has 1 amide bonds. The number of methoxy groups -OCH3 is 3. The van der Waals surface area contributed by atoms with Gasteiger partial charge in [-0.1, -0.05) is 6.07 Å². The largest absolute Gasteiger partial charge is 0.493 e. The zero-order valence-electron chi connectivity index (χ0n) is 17.9. The number of benzene rings is 1. The van der Waals surface area contributed by atoms with E-state index < -0.39 is 0 Å². The van der Waals surface area contributed by atoms with Crippen LogP contribution in [-0.4, -0.2) is 43.7 Å². The first-order valence-electron chi connectivity index (χ1n) is 8.94. The molecule has 10 nitrogen and oxygen atoms in total. The normalized spacial score (nSPS) is 13.5. The van der Waals surface area contributed by atoms with Gasteiger partial charge in [-0.15, -0.1) is 0 Å². The van der Waals surface area contributed by atoms with E-state index in [-0.39, 0.29) is 39.5 Å². The maximum absolute atomic E-state index is 12.4. The van der Waals surface area contributed by atoms with Crippen molar-refractivity contribution < 1.29 is 35.4 Å². The van der Waals surface area contributed by atoms with Crippen molar-refractivity contribution in [3.63, 3.8) is 0 Å². The molecule has 0 bridgehead atoms. The van der Waals surface area contributed by atoms with Crippen LogP contribution in [0.1, 0.15) is 30.5 Å². The van der Waals surface area contributed by atoms with E-state index in [0.717, 1.165) is 16.7 Å². The molecular formula is C21H30N2O8. The van der Waals surface area contributed by atoms with Crippen LogP contribution < -0.4 is 30.7 Å². The van der Waals surface area contributed by atoms with Crippen LogP contribution in [-0.2, 0) is 11.2 Å². The monoisotopic (exact) mass is 438 g/mol. The lowest BCUT2D eigenvalue weighted by Gasteiger charge is -2.19. The second-order valence-corrected chi connectivity index (χ2v) is 6.64. The number of nitrogens with one attached hydrogen (secondary N) is 1. The molecule has 1 aliphatic carbocycles. The number of nitrogen functional groups attached to an aromatic ring is 1. The molecule has 0 aromatic heterocycles. The molecule has 1 aliphatic rings. The predicted octanol–water partition coefficient (Wildman–Crippen LogP) is -0.0289. The summed E-state index contributed by atoms with van der Waals surface area (Å²) in [5.41, 5.74) is 8.95. The molecule has 0 saturated carbocycles. The smallest absolute Gasteiger partial charge is 0.217 e. The number of aryl methyl sites for hydroxylation is 1. The van der Waals surface area contributed by atoms with E-state index >= 15 is 0 Å². The van der Waals surface area contributed by atoms with Crippen LogP contribution in [0.15, 0.2) is 29.1 Å². The zero-order chi connectivity index (χ0) is 20.4. The maximum atomic E-state index is 12.4. The van der Waals surface area contributed by atoms with Crippen LogP contribution in [0.5, 0.6) is 17.2 Å². The number of rotatable bonds is 4. The standard InChI is InChI=1S/C21H24N2O5.3H2O/c1-11(24)23-16-8-5-12-9-18(26-2)20(27-3)21(28-4)19(12)13-6-7-15(22)17(25)10-14(13)16;;;/h6-7,9-10,16H,5,8H2,1-4H3,(H2,22,25)(H,23,24);3*1H2. The lowest BCUT2D eigenvalue weighted by atomic mass is 9.95. The molecule has 31 heavy (non-hydrogen) atoms. The van der Waals surface area contributed by atoms with E-state index in [1.807, 2.05) is 6.07 Å². The van der Waals surface area contributed by atoms with Crippen molar-refractivity contribution in [2.24, 2.45) is 0 Å². The highest BCUT2D eigenvalue weighted by Gasteiger charge is 2.29. The van der Waals surface area contributed by atoms with Gasteiger partial charge in [-0.25, -0.2) is 0 Å². The van der Waals surface area contributed by atoms with Crippen LogP contribution in [0.3, 0.4) is 0 Å². The molecule has 0 aliphatic heterocycles. The Labute approximate surface area is 179 Å². The first-order chi connectivity index (χ1) is 13.4. The van der Waals surface area contributed by atoms with Crippen LogP contribution in [0.25, 0.3) is 11.1 Å². The van der Waals surface area contributed by atoms with Gasteiger partial charge in [-0.2, -0.15) is 0 Å². The Morgan fingerprint density at radius 3 is 2.23 bits per heavy atom. The third kappa shape index (κ3) is 5.05. The van der Waals surface area contributed by atoms with E-state index in [0.29, 0.717) is 35.7 Å². The number of anilines is 1. The molecule has 1 atom stereocenters. The van der Waals surface area contributed by atoms with Crippen LogP contribution in [0, 0.1) is 0 Å². The number of nitrogens with two attached hydrogens (primary N) is 1. The second-order valence-electron chi connectivity index (χ2n) is 6.64. The van der Waals surface area contributed by atoms with Gasteiger partial charge in [0.05, 0.1) is 33.1 Å². The first kappa shape index (κ1) is 27.7. The SMILES string of the molecule is COc1cc2c(c(OC)c1OC)-c1ccc(N)c(=O)cc1C(NC(C)=O)CC2.O.O.O. The molecule has 2 aromatic carbocycles. The summed E-state index contributed by atoms with van der Waals surface area (Å²) < 4.78 is 16.7. The number of carbonyl (C=O) groups excluding carboxylic acids is 1. The zero-order valence-corrected chi connectivity index (χ0v) is 17.9. The lowest BCUT2D eigenvalue weighted by molar-refractivity contribution is -0.119. The van der Waals surface area contributed by atoms with E-state index in [1.54, 1.807) is 33.5 Å². The fraction of sp³-hybridized carbons (Fsp3) is 0.333. The minimum absolute atomic E-state index is 0. The Balaban J connectivity index is 0.00000300. The molecule has 0 heterocycles. The van der Waals surface area contributed by atoms with Crippen LogP contribution in [0.2, 0.25) is 0 Å². The molecule has 0 spiro atoms. The summed E-state index contributed by atoms with van der Waals surface area (Å²) in [6.45, 7) is 1.46. The average molecular weight is 438 g/mol. The Bertz CT molecular complexity index is 994. The van der Waals surface area contributed by atoms with Crippen LogP contribution in [0.4, 0.5) is 5.69 Å². The summed E-state index contributed by atoms with van der Waals surface area (Å²) >= 11 is 0. The van der Waals surface area contributed by atoms with Gasteiger partial charge in [0, 0.05) is 12.5 Å². The number of carbonyl (C=O) groups is 1. The molecule has 3 rings (SSSR count). The second kappa shape index (κ2) is 11.2. The summed E-state index contributed by atoms with van der Waals surface area (Å²) in [4.78, 5) is 24.2. The van der Waals surface area contributed by atoms with Crippen LogP contribution >= 0.6 is 0 Å². The molecule has 172 valence electrons. The molecule has 9 N–H and O–H groups in total. The van der Waals surface area contributed by atoms with E-state index in [9.17, 15) is 9.59 Å². The summed E-state index contributed by atoms with van der Waals surface area (Å²) in [5.74, 6) is 1.37. The number of hydrogen-bond acceptors (Lipinski definition) is 6. The highest BCUT2D eigenvalue weighted by molar-refractivity contribution is 5.83. The number of ether oxygens (including phenoxy) is 3. The molecule has 0 radical (unpaired) electrons. The summed E-state index contributed by atoms with van der Waals surface area (Å²) in [6, 6.07) is 6.44. The third-order valence-corrected chi connectivity index (χ3v) is 4.95. The molecular weight excluding hydrogens is 408 g/mol. The summed E-state index contributed by atoms with van der Waals surface area (Å²) in [7, 11) is 4.67. The van der Waals surface area contributed by atoms with Gasteiger partial charge in [0.15, 0.2) is 11.5 Å². The van der Waals surface area contributed by atoms with Gasteiger partial charge < -0.3 is 41.7 Å². The van der Waals surface area contributed by atoms with Gasteiger partial charge in [0.2, 0.25) is 17.1 Å². The minimum Gasteiger partial charge on any atom is -0.493 e. The van der Waals surface area contributed by atoms with Gasteiger partial charge >= 0.3 is 0 Å². The number of hydrogen-bond donors (Lipinski definition) is 2. The Hall–Kier alpha value is -3.34. The predicted molar refractivity (Wildman–Crippen MR) is 118 cm³/mol. The quantitative estimate of drug-likeness (QED) is 0.672. The summed E-state index contributed by atoms with van der Waals surface area (Å²) in [6.07, 6.45) is 1.26. The van der Waals surface area contributed by atoms with Crippen molar-refractivity contribution in [3.8, 4) is 28.4 Å². The van der Waals surface area contributed by atoms with Crippen molar-refractivity contribution in [1.82, 2.24) is 5.32 Å². The van der Waals surface area contributed by atoms with Crippen molar-refractivity contribution >= 4 is 11.6 Å². The highest BCUT2D eigenvalue weighted by Crippen LogP contribution is 2.50. The highest BCUT2D eigenvalue weighted by atomic mass is 16.5. The molecule has 0 saturated heterocycles. The van der Waals surface area contributed by atoms with Crippen molar-refractivity contribution in [2.75, 3.05) is 27.1 Å². The van der Waals surface area contributed by atoms with E-state index in [1.165, 1.54) is 13.0 Å². The lowest BCUT2D eigenvalue weighted by Crippen LogP contribution is -2.26. The Kier molecular flexibility index (Phi) is 9.96. The Morgan fingerprint density at radius 1 is 1.03 bits per heavy atom. The van der Waals surface area contributed by atoms with Crippen molar-refractivity contribution in [2.45, 2.75) is 25.8 Å². The number of fused-ring (bicyclic) bond motifs is 3. The topological polar surface area (TPSA) is 194 Å². The fourth-order valence-electron chi connectivity index (χ4n) is 3.72. The summed E-state index contributed by atoms with van der Waals surface area (Å²) in [5, 5.41) is 2.95. The fourth-order valence-corrected chi connectivity index (χ4v) is 3.72. The van der Waals surface area contributed by atoms with Gasteiger partial charge in [0.1, 0.15) is 0 Å². The molecule has 10 heteroatoms. The van der Waals surface area contributed by atoms with Gasteiger partial charge in [-0.3, -0.25) is 9.59 Å². The minimum atomic E-state index is -0.332. The average Bonchev–Trinajstić information content (AvgIpc) is 2.90. The van der Waals surface area contributed by atoms with Crippen molar-refractivity contribution in [3.05, 3.63) is 45.6 Å². The molecule has 0 fully saturated rings. The number of amides is 1. The third-order valence-electron chi connectivity index (χ3n) is 4.95. The van der Waals surface area contributed by atoms with Gasteiger partial charge in [-0.05, 0) is 47.7 Å². The van der Waals surface area contributed by atoms with E-state index in [4.69, 9.17) is 19.9 Å². The molecule has 1 unspecified atom stereocenters. The molecule has 2 aromatic rings. The van der Waals surface area contributed by atoms with Gasteiger partial charge in [0.25, 0.3) is 0 Å². The Morgan fingerprint density at radius 2 is 1.68 bits per heavy atom. The first-order valence-corrected chi connectivity index (χ1v) is 8.94. The van der Waals surface area contributed by atoms with E-state index in [2.05, 4.69) is 5.32 Å². The van der Waals surface area contributed by atoms with Crippen molar-refractivity contribution in [1.29, 1.82) is 0 Å². The maximum Gasteiger partial charge on any atom is 0.217 e.